The molecule has 34 heavy (non-hydrogen) atoms. The second-order valence-corrected chi connectivity index (χ2v) is 10.5. The van der Waals surface area contributed by atoms with E-state index in [-0.39, 0.29) is 36.0 Å². The molecule has 1 N–H and O–H groups in total. The summed E-state index contributed by atoms with van der Waals surface area (Å²) in [5, 5.41) is 12.8. The molecule has 2 aliphatic rings. The van der Waals surface area contributed by atoms with Crippen molar-refractivity contribution in [1.82, 2.24) is 15.1 Å². The molecule has 0 spiro atoms. The van der Waals surface area contributed by atoms with Crippen molar-refractivity contribution in [2.75, 3.05) is 29.9 Å². The lowest BCUT2D eigenvalue weighted by atomic mass is 9.94. The van der Waals surface area contributed by atoms with E-state index in [1.807, 2.05) is 36.1 Å². The highest BCUT2D eigenvalue weighted by Crippen LogP contribution is 2.30. The normalized spacial score (nSPS) is 20.0. The van der Waals surface area contributed by atoms with Gasteiger partial charge in [0.1, 0.15) is 5.01 Å². The summed E-state index contributed by atoms with van der Waals surface area (Å²) in [5.74, 6) is -0.198. The smallest absolute Gasteiger partial charge is 0.229 e. The highest BCUT2D eigenvalue weighted by Gasteiger charge is 2.38. The maximum atomic E-state index is 13.1. The zero-order valence-corrected chi connectivity index (χ0v) is 20.9. The third-order valence-electron chi connectivity index (χ3n) is 6.81. The van der Waals surface area contributed by atoms with E-state index in [9.17, 15) is 14.4 Å². The van der Waals surface area contributed by atoms with Crippen LogP contribution in [0.25, 0.3) is 0 Å². The van der Waals surface area contributed by atoms with Gasteiger partial charge in [-0.25, -0.2) is 0 Å². The van der Waals surface area contributed by atoms with Crippen LogP contribution in [0.15, 0.2) is 24.3 Å². The fourth-order valence-electron chi connectivity index (χ4n) is 4.72. The molecule has 2 aliphatic heterocycles. The largest absolute Gasteiger partial charge is 0.342 e. The minimum atomic E-state index is -0.330. The summed E-state index contributed by atoms with van der Waals surface area (Å²) in [7, 11) is 0. The minimum absolute atomic E-state index is 0.0128. The summed E-state index contributed by atoms with van der Waals surface area (Å²) in [6.45, 7) is 7.74. The molecule has 4 rings (SSSR count). The van der Waals surface area contributed by atoms with Crippen molar-refractivity contribution < 1.29 is 14.4 Å². The maximum absolute atomic E-state index is 13.1. The first kappa shape index (κ1) is 24.3. The molecule has 3 heterocycles. The van der Waals surface area contributed by atoms with Crippen molar-refractivity contribution in [3.8, 4) is 0 Å². The Kier molecular flexibility index (Phi) is 7.60. The van der Waals surface area contributed by atoms with Gasteiger partial charge in [-0.15, -0.1) is 10.2 Å². The third-order valence-corrected chi connectivity index (χ3v) is 7.88. The van der Waals surface area contributed by atoms with Gasteiger partial charge in [0.05, 0.1) is 5.92 Å². The van der Waals surface area contributed by atoms with E-state index in [0.29, 0.717) is 43.5 Å². The van der Waals surface area contributed by atoms with Gasteiger partial charge in [0.2, 0.25) is 22.9 Å². The number of piperidine rings is 1. The number of aromatic nitrogens is 2. The van der Waals surface area contributed by atoms with Crippen molar-refractivity contribution in [2.24, 2.45) is 11.8 Å². The van der Waals surface area contributed by atoms with Crippen molar-refractivity contribution in [3.63, 3.8) is 0 Å². The van der Waals surface area contributed by atoms with E-state index in [0.717, 1.165) is 29.1 Å². The molecule has 8 nitrogen and oxygen atoms in total. The molecule has 9 heteroatoms. The Morgan fingerprint density at radius 3 is 2.53 bits per heavy atom. The Labute approximate surface area is 204 Å². The van der Waals surface area contributed by atoms with Crippen molar-refractivity contribution in [3.05, 3.63) is 34.8 Å². The summed E-state index contributed by atoms with van der Waals surface area (Å²) < 4.78 is 0. The zero-order valence-electron chi connectivity index (χ0n) is 20.1. The quantitative estimate of drug-likeness (QED) is 0.643. The molecule has 1 aromatic carbocycles. The van der Waals surface area contributed by atoms with E-state index < -0.39 is 0 Å². The fraction of sp³-hybridized carbons (Fsp3) is 0.560. The molecule has 2 aromatic rings. The lowest BCUT2D eigenvalue weighted by Crippen LogP contribution is -2.44. The Morgan fingerprint density at radius 1 is 1.15 bits per heavy atom. The topological polar surface area (TPSA) is 95.5 Å². The van der Waals surface area contributed by atoms with E-state index in [1.54, 1.807) is 4.90 Å². The lowest BCUT2D eigenvalue weighted by Gasteiger charge is -2.32. The number of hydrogen-bond donors (Lipinski definition) is 1. The second kappa shape index (κ2) is 10.6. The number of carbonyl (C=O) groups excluding carboxylic acids is 3. The van der Waals surface area contributed by atoms with Crippen LogP contribution in [0.1, 0.15) is 62.4 Å². The van der Waals surface area contributed by atoms with Crippen LogP contribution in [0.2, 0.25) is 0 Å². The molecule has 0 aliphatic carbocycles. The van der Waals surface area contributed by atoms with E-state index in [4.69, 9.17) is 0 Å². The van der Waals surface area contributed by atoms with Crippen molar-refractivity contribution in [2.45, 2.75) is 58.8 Å². The van der Waals surface area contributed by atoms with Crippen LogP contribution in [0, 0.1) is 18.8 Å². The molecule has 3 amide bonds. The number of anilines is 2. The Hall–Kier alpha value is -2.81. The van der Waals surface area contributed by atoms with Gasteiger partial charge in [-0.05, 0) is 38.3 Å². The second-order valence-electron chi connectivity index (χ2n) is 9.46. The summed E-state index contributed by atoms with van der Waals surface area (Å²) in [5.41, 5.74) is 1.97. The average molecular weight is 484 g/mol. The van der Waals surface area contributed by atoms with Gasteiger partial charge in [0.15, 0.2) is 0 Å². The van der Waals surface area contributed by atoms with Crippen LogP contribution in [0.3, 0.4) is 0 Å². The van der Waals surface area contributed by atoms with E-state index in [2.05, 4.69) is 29.4 Å². The first-order valence-electron chi connectivity index (χ1n) is 12.2. The number of carbonyl (C=O) groups is 3. The molecule has 2 saturated heterocycles. The van der Waals surface area contributed by atoms with Gasteiger partial charge >= 0.3 is 0 Å². The van der Waals surface area contributed by atoms with E-state index in [1.165, 1.54) is 11.3 Å². The standard InChI is InChI=1S/C25H33N5O3S/c1-4-5-17(3)23-27-28-25(34-23)26-22(32)18-10-12-29(13-11-18)24(33)19-14-21(31)30(15-19)20-8-6-16(2)7-9-20/h6-9,17-19H,4-5,10-15H2,1-3H3,(H,26,28,32)/t17-,19+/m1/s1. The number of amides is 3. The monoisotopic (exact) mass is 483 g/mol. The van der Waals surface area contributed by atoms with Gasteiger partial charge in [0, 0.05) is 43.6 Å². The van der Waals surface area contributed by atoms with Crippen LogP contribution < -0.4 is 10.2 Å². The predicted octanol–water partition coefficient (Wildman–Crippen LogP) is 3.98. The van der Waals surface area contributed by atoms with Crippen LogP contribution in [0.4, 0.5) is 10.8 Å². The number of likely N-dealkylation sites (tertiary alicyclic amines) is 1. The molecule has 1 aromatic heterocycles. The predicted molar refractivity (Wildman–Crippen MR) is 133 cm³/mol. The van der Waals surface area contributed by atoms with Gasteiger partial charge in [-0.2, -0.15) is 0 Å². The fourth-order valence-corrected chi connectivity index (χ4v) is 5.55. The van der Waals surface area contributed by atoms with E-state index >= 15 is 0 Å². The van der Waals surface area contributed by atoms with Crippen LogP contribution in [0.5, 0.6) is 0 Å². The summed E-state index contributed by atoms with van der Waals surface area (Å²) >= 11 is 1.44. The van der Waals surface area contributed by atoms with Crippen LogP contribution in [-0.2, 0) is 14.4 Å². The number of nitrogens with zero attached hydrogens (tertiary/aromatic N) is 4. The first-order valence-corrected chi connectivity index (χ1v) is 13.0. The molecule has 0 bridgehead atoms. The first-order chi connectivity index (χ1) is 16.4. The lowest BCUT2D eigenvalue weighted by molar-refractivity contribution is -0.138. The summed E-state index contributed by atoms with van der Waals surface area (Å²) in [6.07, 6.45) is 3.59. The highest BCUT2D eigenvalue weighted by molar-refractivity contribution is 7.15. The number of rotatable bonds is 7. The molecule has 2 fully saturated rings. The van der Waals surface area contributed by atoms with Gasteiger partial charge in [-0.3, -0.25) is 14.4 Å². The summed E-state index contributed by atoms with van der Waals surface area (Å²) in [4.78, 5) is 41.9. The van der Waals surface area contributed by atoms with Crippen molar-refractivity contribution >= 4 is 39.9 Å². The Morgan fingerprint density at radius 2 is 1.85 bits per heavy atom. The Balaban J connectivity index is 1.27. The van der Waals surface area contributed by atoms with Crippen molar-refractivity contribution in [1.29, 1.82) is 0 Å². The molecular weight excluding hydrogens is 450 g/mol. The number of hydrogen-bond acceptors (Lipinski definition) is 6. The minimum Gasteiger partial charge on any atom is -0.342 e. The Bertz CT molecular complexity index is 1030. The van der Waals surface area contributed by atoms with Gasteiger partial charge in [-0.1, -0.05) is 49.3 Å². The SMILES string of the molecule is CCC[C@@H](C)c1nnc(NC(=O)C2CCN(C(=O)[C@H]3CC(=O)N(c4ccc(C)cc4)C3)CC2)s1. The van der Waals surface area contributed by atoms with Gasteiger partial charge < -0.3 is 15.1 Å². The molecule has 0 unspecified atom stereocenters. The van der Waals surface area contributed by atoms with Crippen LogP contribution >= 0.6 is 11.3 Å². The van der Waals surface area contributed by atoms with Gasteiger partial charge in [0.25, 0.3) is 0 Å². The number of nitrogens with one attached hydrogen (secondary N) is 1. The molecule has 0 radical (unpaired) electrons. The number of aryl methyl sites for hydroxylation is 1. The summed E-state index contributed by atoms with van der Waals surface area (Å²) in [6, 6.07) is 7.80. The maximum Gasteiger partial charge on any atom is 0.229 e. The molecule has 182 valence electrons. The highest BCUT2D eigenvalue weighted by atomic mass is 32.1. The third kappa shape index (κ3) is 5.46. The average Bonchev–Trinajstić information content (AvgIpc) is 3.46. The number of benzene rings is 1. The molecular formula is C25H33N5O3S. The zero-order chi connectivity index (χ0) is 24.2. The molecule has 0 saturated carbocycles. The van der Waals surface area contributed by atoms with Crippen LogP contribution in [-0.4, -0.2) is 52.5 Å². The molecule has 2 atom stereocenters.